The first kappa shape index (κ1) is 32.5. The number of rotatable bonds is 10. The third-order valence-corrected chi connectivity index (χ3v) is 7.72. The van der Waals surface area contributed by atoms with Gasteiger partial charge in [-0.1, -0.05) is 84.9 Å². The summed E-state index contributed by atoms with van der Waals surface area (Å²) in [6, 6.07) is 8.26. The molecule has 1 aromatic rings. The van der Waals surface area contributed by atoms with Gasteiger partial charge < -0.3 is 25.2 Å². The lowest BCUT2D eigenvalue weighted by molar-refractivity contribution is -0.141. The van der Waals surface area contributed by atoms with Crippen molar-refractivity contribution in [2.45, 2.75) is 78.9 Å². The Balaban J connectivity index is 2.30. The average molecular weight is 543 g/mol. The smallest absolute Gasteiger partial charge is 0.249 e. The van der Waals surface area contributed by atoms with Gasteiger partial charge in [-0.15, -0.1) is 0 Å². The van der Waals surface area contributed by atoms with Gasteiger partial charge in [0.2, 0.25) is 17.7 Å². The Labute approximate surface area is 235 Å². The predicted molar refractivity (Wildman–Crippen MR) is 156 cm³/mol. The number of hydrogen-bond acceptors (Lipinski definition) is 5. The summed E-state index contributed by atoms with van der Waals surface area (Å²) in [7, 11) is 3.52. The fourth-order valence-corrected chi connectivity index (χ4v) is 5.17. The lowest BCUT2D eigenvalue weighted by atomic mass is 9.76. The van der Waals surface area contributed by atoms with E-state index in [0.717, 1.165) is 5.56 Å². The maximum atomic E-state index is 14.0. The van der Waals surface area contributed by atoms with Crippen LogP contribution in [0.2, 0.25) is 0 Å². The van der Waals surface area contributed by atoms with Crippen LogP contribution >= 0.6 is 0 Å². The molecule has 1 aliphatic rings. The van der Waals surface area contributed by atoms with Crippen LogP contribution < -0.4 is 10.6 Å². The molecule has 3 unspecified atom stereocenters. The van der Waals surface area contributed by atoms with Crippen LogP contribution in [-0.2, 0) is 24.5 Å². The molecule has 0 aromatic heterocycles. The number of carbonyl (C=O) groups excluding carboxylic acids is 3. The van der Waals surface area contributed by atoms with Crippen molar-refractivity contribution in [1.82, 2.24) is 20.4 Å². The van der Waals surface area contributed by atoms with Gasteiger partial charge in [0.05, 0.1) is 25.3 Å². The Hall–Kier alpha value is -2.71. The van der Waals surface area contributed by atoms with Crippen LogP contribution in [0.3, 0.4) is 0 Å². The van der Waals surface area contributed by atoms with Crippen LogP contribution in [0.4, 0.5) is 0 Å². The Morgan fingerprint density at radius 3 is 2.05 bits per heavy atom. The standard InChI is InChI=1S/C31H50N4O4/c1-21(2)24(20-22(3)28(37)35-16-18-39-19-17-35)34(10)29(38)26(30(4,5)6)33-27(36)25(32-9)31(7,8)23-14-12-11-13-15-23/h11-15,20-21,24-26,32H,16-19H2,1-10H3,(H,33,36)/b22-20+. The monoisotopic (exact) mass is 542 g/mol. The molecule has 8 nitrogen and oxygen atoms in total. The number of likely N-dealkylation sites (N-methyl/N-ethyl adjacent to an activating group) is 2. The van der Waals surface area contributed by atoms with Crippen molar-refractivity contribution in [2.24, 2.45) is 11.3 Å². The molecule has 0 bridgehead atoms. The highest BCUT2D eigenvalue weighted by Gasteiger charge is 2.41. The van der Waals surface area contributed by atoms with Crippen molar-refractivity contribution in [3.8, 4) is 0 Å². The molecule has 2 rings (SSSR count). The van der Waals surface area contributed by atoms with Crippen LogP contribution in [0.5, 0.6) is 0 Å². The van der Waals surface area contributed by atoms with Crippen LogP contribution in [-0.4, -0.2) is 86.0 Å². The number of carbonyl (C=O) groups is 3. The van der Waals surface area contributed by atoms with E-state index in [1.54, 1.807) is 30.8 Å². The summed E-state index contributed by atoms with van der Waals surface area (Å²) >= 11 is 0. The van der Waals surface area contributed by atoms with E-state index in [4.69, 9.17) is 4.74 Å². The summed E-state index contributed by atoms with van der Waals surface area (Å²) in [5.74, 6) is -0.400. The minimum absolute atomic E-state index is 0.0366. The van der Waals surface area contributed by atoms with Crippen molar-refractivity contribution in [3.63, 3.8) is 0 Å². The first-order valence-electron chi connectivity index (χ1n) is 14.0. The van der Waals surface area contributed by atoms with Crippen molar-refractivity contribution >= 4 is 17.7 Å². The molecule has 0 saturated carbocycles. The molecule has 2 N–H and O–H groups in total. The van der Waals surface area contributed by atoms with Gasteiger partial charge in [0.15, 0.2) is 0 Å². The van der Waals surface area contributed by atoms with Gasteiger partial charge in [0, 0.05) is 31.1 Å². The maximum absolute atomic E-state index is 14.0. The van der Waals surface area contributed by atoms with Gasteiger partial charge in [0.1, 0.15) is 6.04 Å². The topological polar surface area (TPSA) is 91.0 Å². The first-order chi connectivity index (χ1) is 18.1. The Morgan fingerprint density at radius 1 is 1.00 bits per heavy atom. The minimum Gasteiger partial charge on any atom is -0.378 e. The quantitative estimate of drug-likeness (QED) is 0.443. The van der Waals surface area contributed by atoms with Crippen molar-refractivity contribution in [3.05, 3.63) is 47.5 Å². The lowest BCUT2D eigenvalue weighted by Crippen LogP contribution is -2.61. The molecular weight excluding hydrogens is 492 g/mol. The number of amides is 3. The van der Waals surface area contributed by atoms with E-state index in [1.807, 2.05) is 84.9 Å². The molecule has 3 atom stereocenters. The van der Waals surface area contributed by atoms with E-state index in [1.165, 1.54) is 0 Å². The maximum Gasteiger partial charge on any atom is 0.249 e. The second-order valence-corrected chi connectivity index (χ2v) is 12.6. The zero-order valence-corrected chi connectivity index (χ0v) is 25.6. The molecule has 0 radical (unpaired) electrons. The van der Waals surface area contributed by atoms with Crippen molar-refractivity contribution in [1.29, 1.82) is 0 Å². The molecule has 1 fully saturated rings. The highest BCUT2D eigenvalue weighted by molar-refractivity contribution is 5.94. The molecule has 1 saturated heterocycles. The second kappa shape index (κ2) is 13.6. The molecule has 1 heterocycles. The first-order valence-corrected chi connectivity index (χ1v) is 14.0. The van der Waals surface area contributed by atoms with Gasteiger partial charge in [0.25, 0.3) is 0 Å². The van der Waals surface area contributed by atoms with E-state index in [9.17, 15) is 14.4 Å². The summed E-state index contributed by atoms with van der Waals surface area (Å²) in [5.41, 5.74) is 0.574. The molecular formula is C31H50N4O4. The summed E-state index contributed by atoms with van der Waals surface area (Å²) in [4.78, 5) is 44.2. The van der Waals surface area contributed by atoms with Crippen molar-refractivity contribution in [2.75, 3.05) is 40.4 Å². The number of morpholine rings is 1. The average Bonchev–Trinajstić information content (AvgIpc) is 2.89. The number of benzene rings is 1. The van der Waals surface area contributed by atoms with Crippen LogP contribution in [0, 0.1) is 11.3 Å². The zero-order chi connectivity index (χ0) is 29.5. The van der Waals surface area contributed by atoms with E-state index in [0.29, 0.717) is 31.9 Å². The van der Waals surface area contributed by atoms with E-state index < -0.39 is 22.9 Å². The van der Waals surface area contributed by atoms with Gasteiger partial charge >= 0.3 is 0 Å². The third-order valence-electron chi connectivity index (χ3n) is 7.72. The highest BCUT2D eigenvalue weighted by Crippen LogP contribution is 2.29. The molecule has 8 heteroatoms. The molecule has 1 aliphatic heterocycles. The molecule has 1 aromatic carbocycles. The molecule has 39 heavy (non-hydrogen) atoms. The minimum atomic E-state index is -0.762. The Morgan fingerprint density at radius 2 is 1.56 bits per heavy atom. The van der Waals surface area contributed by atoms with E-state index in [2.05, 4.69) is 10.6 Å². The van der Waals surface area contributed by atoms with Crippen LogP contribution in [0.1, 0.15) is 61.0 Å². The normalized spacial score (nSPS) is 17.4. The number of nitrogens with one attached hydrogen (secondary N) is 2. The zero-order valence-electron chi connectivity index (χ0n) is 25.6. The highest BCUT2D eigenvalue weighted by atomic mass is 16.5. The Kier molecular flexibility index (Phi) is 11.3. The summed E-state index contributed by atoms with van der Waals surface area (Å²) in [5, 5.41) is 6.26. The molecule has 0 aliphatic carbocycles. The fraction of sp³-hybridized carbons (Fsp3) is 0.645. The van der Waals surface area contributed by atoms with E-state index >= 15 is 0 Å². The Bertz CT molecular complexity index is 1010. The molecule has 0 spiro atoms. The lowest BCUT2D eigenvalue weighted by Gasteiger charge is -2.40. The third kappa shape index (κ3) is 8.15. The van der Waals surface area contributed by atoms with Gasteiger partial charge in [-0.3, -0.25) is 14.4 Å². The number of hydrogen-bond donors (Lipinski definition) is 2. The van der Waals surface area contributed by atoms with Crippen LogP contribution in [0.15, 0.2) is 42.0 Å². The fourth-order valence-electron chi connectivity index (χ4n) is 5.17. The van der Waals surface area contributed by atoms with E-state index in [-0.39, 0.29) is 29.7 Å². The molecule has 218 valence electrons. The molecule has 3 amide bonds. The summed E-state index contributed by atoms with van der Waals surface area (Å²) < 4.78 is 5.37. The summed E-state index contributed by atoms with van der Waals surface area (Å²) in [6.07, 6.45) is 1.89. The second-order valence-electron chi connectivity index (χ2n) is 12.6. The largest absolute Gasteiger partial charge is 0.378 e. The van der Waals surface area contributed by atoms with Crippen LogP contribution in [0.25, 0.3) is 0 Å². The number of ether oxygens (including phenoxy) is 1. The van der Waals surface area contributed by atoms with Gasteiger partial charge in [-0.05, 0) is 30.9 Å². The number of nitrogens with zero attached hydrogens (tertiary/aromatic N) is 2. The van der Waals surface area contributed by atoms with Gasteiger partial charge in [-0.25, -0.2) is 0 Å². The predicted octanol–water partition coefficient (Wildman–Crippen LogP) is 3.37. The summed E-state index contributed by atoms with van der Waals surface area (Å²) in [6.45, 7) is 18.0. The van der Waals surface area contributed by atoms with Gasteiger partial charge in [-0.2, -0.15) is 0 Å². The van der Waals surface area contributed by atoms with Crippen molar-refractivity contribution < 1.29 is 19.1 Å². The SMILES string of the molecule is CNC(C(=O)NC(C(=O)N(C)C(/C=C(\C)C(=O)N1CCOCC1)C(C)C)C(C)(C)C)C(C)(C)c1ccccc1.